The van der Waals surface area contributed by atoms with E-state index in [-0.39, 0.29) is 11.4 Å². The minimum absolute atomic E-state index is 0.120. The molecular formula is C24H22FN3O2. The number of para-hydroxylation sites is 2. The smallest absolute Gasteiger partial charge is 0.262 e. The van der Waals surface area contributed by atoms with Crippen molar-refractivity contribution < 1.29 is 14.0 Å². The summed E-state index contributed by atoms with van der Waals surface area (Å²) in [5.41, 5.74) is 3.39. The summed E-state index contributed by atoms with van der Waals surface area (Å²) in [6.07, 6.45) is 1.31. The molecule has 0 unspecified atom stereocenters. The Labute approximate surface area is 174 Å². The third-order valence-electron chi connectivity index (χ3n) is 4.50. The maximum atomic E-state index is 13.1. The summed E-state index contributed by atoms with van der Waals surface area (Å²) in [6, 6.07) is 20.2. The summed E-state index contributed by atoms with van der Waals surface area (Å²) >= 11 is 0. The van der Waals surface area contributed by atoms with Crippen molar-refractivity contribution in [3.05, 3.63) is 102 Å². The van der Waals surface area contributed by atoms with Crippen LogP contribution in [0.3, 0.4) is 0 Å². The van der Waals surface area contributed by atoms with Gasteiger partial charge in [-0.1, -0.05) is 36.4 Å². The summed E-state index contributed by atoms with van der Waals surface area (Å²) in [7, 11) is 0. The first kappa shape index (κ1) is 20.8. The Morgan fingerprint density at radius 3 is 1.67 bits per heavy atom. The lowest BCUT2D eigenvalue weighted by Gasteiger charge is -2.13. The van der Waals surface area contributed by atoms with Crippen LogP contribution < -0.4 is 16.0 Å². The van der Waals surface area contributed by atoms with Crippen LogP contribution in [0.15, 0.2) is 84.6 Å². The number of amides is 2. The number of benzene rings is 3. The van der Waals surface area contributed by atoms with Crippen molar-refractivity contribution in [1.82, 2.24) is 0 Å². The van der Waals surface area contributed by atoms with E-state index in [1.165, 1.54) is 30.5 Å². The summed E-state index contributed by atoms with van der Waals surface area (Å²) in [5, 5.41) is 8.42. The van der Waals surface area contributed by atoms with Crippen LogP contribution in [0.5, 0.6) is 0 Å². The molecule has 3 rings (SSSR count). The Morgan fingerprint density at radius 1 is 0.733 bits per heavy atom. The van der Waals surface area contributed by atoms with Crippen molar-refractivity contribution in [2.75, 3.05) is 16.0 Å². The molecule has 0 aromatic heterocycles. The molecule has 30 heavy (non-hydrogen) atoms. The largest absolute Gasteiger partial charge is 0.361 e. The fraction of sp³-hybridized carbons (Fsp3) is 0.0833. The van der Waals surface area contributed by atoms with Crippen molar-refractivity contribution in [1.29, 1.82) is 0 Å². The van der Waals surface area contributed by atoms with Gasteiger partial charge in [0.1, 0.15) is 11.4 Å². The van der Waals surface area contributed by atoms with Gasteiger partial charge in [0.05, 0.1) is 0 Å². The molecular weight excluding hydrogens is 381 g/mol. The molecule has 152 valence electrons. The van der Waals surface area contributed by atoms with E-state index in [9.17, 15) is 14.0 Å². The highest BCUT2D eigenvalue weighted by atomic mass is 19.1. The van der Waals surface area contributed by atoms with Gasteiger partial charge in [0.2, 0.25) is 0 Å². The van der Waals surface area contributed by atoms with E-state index >= 15 is 0 Å². The van der Waals surface area contributed by atoms with Crippen LogP contribution in [0.1, 0.15) is 11.1 Å². The second kappa shape index (κ2) is 9.52. The minimum atomic E-state index is -0.565. The van der Waals surface area contributed by atoms with Crippen LogP contribution in [0.25, 0.3) is 0 Å². The second-order valence-electron chi connectivity index (χ2n) is 6.75. The quantitative estimate of drug-likeness (QED) is 0.308. The molecule has 0 aliphatic rings. The van der Waals surface area contributed by atoms with Gasteiger partial charge in [0.25, 0.3) is 11.8 Å². The van der Waals surface area contributed by atoms with Crippen molar-refractivity contribution in [2.45, 2.75) is 13.8 Å². The molecule has 0 bridgehead atoms. The Hall–Kier alpha value is -3.93. The van der Waals surface area contributed by atoms with Gasteiger partial charge in [-0.25, -0.2) is 4.39 Å². The Morgan fingerprint density at radius 2 is 1.20 bits per heavy atom. The third kappa shape index (κ3) is 5.32. The van der Waals surface area contributed by atoms with E-state index < -0.39 is 11.8 Å². The van der Waals surface area contributed by atoms with Gasteiger partial charge in [-0.05, 0) is 61.4 Å². The molecule has 0 aliphatic heterocycles. The summed E-state index contributed by atoms with van der Waals surface area (Å²) in [4.78, 5) is 25.8. The normalized spacial score (nSPS) is 10.1. The lowest BCUT2D eigenvalue weighted by atomic mass is 10.1. The zero-order valence-electron chi connectivity index (χ0n) is 16.7. The maximum Gasteiger partial charge on any atom is 0.262 e. The topological polar surface area (TPSA) is 70.2 Å². The molecule has 0 spiro atoms. The predicted molar refractivity (Wildman–Crippen MR) is 118 cm³/mol. The zero-order chi connectivity index (χ0) is 21.5. The molecule has 3 aromatic carbocycles. The molecule has 6 heteroatoms. The fourth-order valence-corrected chi connectivity index (χ4v) is 2.74. The van der Waals surface area contributed by atoms with Gasteiger partial charge in [-0.3, -0.25) is 9.59 Å². The van der Waals surface area contributed by atoms with Gasteiger partial charge in [0, 0.05) is 23.3 Å². The molecule has 0 aliphatic carbocycles. The van der Waals surface area contributed by atoms with E-state index in [2.05, 4.69) is 16.0 Å². The van der Waals surface area contributed by atoms with Crippen molar-refractivity contribution in [2.24, 2.45) is 0 Å². The van der Waals surface area contributed by atoms with Gasteiger partial charge in [-0.15, -0.1) is 0 Å². The van der Waals surface area contributed by atoms with Crippen LogP contribution >= 0.6 is 0 Å². The number of halogens is 1. The van der Waals surface area contributed by atoms with E-state index in [1.807, 2.05) is 38.1 Å². The number of hydrogen-bond acceptors (Lipinski definition) is 3. The molecule has 0 saturated carbocycles. The average molecular weight is 403 g/mol. The predicted octanol–water partition coefficient (Wildman–Crippen LogP) is 5.02. The zero-order valence-corrected chi connectivity index (χ0v) is 16.7. The molecule has 0 saturated heterocycles. The minimum Gasteiger partial charge on any atom is -0.361 e. The van der Waals surface area contributed by atoms with E-state index in [0.29, 0.717) is 17.1 Å². The summed E-state index contributed by atoms with van der Waals surface area (Å²) in [5.74, 6) is -1.51. The Bertz CT molecular complexity index is 1030. The van der Waals surface area contributed by atoms with E-state index in [4.69, 9.17) is 0 Å². The lowest BCUT2D eigenvalue weighted by molar-refractivity contribution is -0.118. The van der Waals surface area contributed by atoms with Gasteiger partial charge >= 0.3 is 0 Å². The highest BCUT2D eigenvalue weighted by Gasteiger charge is 2.20. The Kier molecular flexibility index (Phi) is 6.60. The maximum absolute atomic E-state index is 13.1. The SMILES string of the molecule is Cc1ccccc1NC(=O)C(=CNc1ccc(F)cc1)C(=O)Nc1ccccc1C. The van der Waals surface area contributed by atoms with Crippen LogP contribution in [0, 0.1) is 19.7 Å². The van der Waals surface area contributed by atoms with Gasteiger partial charge in [0.15, 0.2) is 0 Å². The van der Waals surface area contributed by atoms with Crippen molar-refractivity contribution in [3.8, 4) is 0 Å². The standard InChI is InChI=1S/C24H22FN3O2/c1-16-7-3-5-9-21(16)27-23(29)20(15-26-19-13-11-18(25)12-14-19)24(30)28-22-10-6-4-8-17(22)2/h3-15,26H,1-2H3,(H,27,29)(H,28,30). The first-order valence-corrected chi connectivity index (χ1v) is 9.40. The Balaban J connectivity index is 1.86. The first-order chi connectivity index (χ1) is 14.4. The highest BCUT2D eigenvalue weighted by Crippen LogP contribution is 2.18. The number of hydrogen-bond donors (Lipinski definition) is 3. The first-order valence-electron chi connectivity index (χ1n) is 9.40. The number of aryl methyl sites for hydroxylation is 2. The summed E-state index contributed by atoms with van der Waals surface area (Å²) in [6.45, 7) is 3.73. The molecule has 0 heterocycles. The van der Waals surface area contributed by atoms with Gasteiger partial charge < -0.3 is 16.0 Å². The molecule has 0 radical (unpaired) electrons. The van der Waals surface area contributed by atoms with Gasteiger partial charge in [-0.2, -0.15) is 0 Å². The fourth-order valence-electron chi connectivity index (χ4n) is 2.74. The molecule has 5 nitrogen and oxygen atoms in total. The van der Waals surface area contributed by atoms with Crippen LogP contribution in [-0.4, -0.2) is 11.8 Å². The monoisotopic (exact) mass is 403 g/mol. The number of nitrogens with one attached hydrogen (secondary N) is 3. The van der Waals surface area contributed by atoms with Crippen molar-refractivity contribution in [3.63, 3.8) is 0 Å². The van der Waals surface area contributed by atoms with Crippen molar-refractivity contribution >= 4 is 28.9 Å². The van der Waals surface area contributed by atoms with Crippen LogP contribution in [0.4, 0.5) is 21.5 Å². The number of carbonyl (C=O) groups excluding carboxylic acids is 2. The molecule has 3 N–H and O–H groups in total. The highest BCUT2D eigenvalue weighted by molar-refractivity contribution is 6.26. The van der Waals surface area contributed by atoms with E-state index in [0.717, 1.165) is 11.1 Å². The molecule has 3 aromatic rings. The second-order valence-corrected chi connectivity index (χ2v) is 6.75. The molecule has 0 atom stereocenters. The third-order valence-corrected chi connectivity index (χ3v) is 4.50. The number of carbonyl (C=O) groups is 2. The summed E-state index contributed by atoms with van der Waals surface area (Å²) < 4.78 is 13.1. The number of anilines is 3. The number of rotatable bonds is 6. The van der Waals surface area contributed by atoms with E-state index in [1.54, 1.807) is 24.3 Å². The molecule has 2 amide bonds. The van der Waals surface area contributed by atoms with Crippen LogP contribution in [0.2, 0.25) is 0 Å². The van der Waals surface area contributed by atoms with Crippen LogP contribution in [-0.2, 0) is 9.59 Å². The lowest BCUT2D eigenvalue weighted by Crippen LogP contribution is -2.26. The molecule has 0 fully saturated rings. The average Bonchev–Trinajstić information content (AvgIpc) is 2.73.